The van der Waals surface area contributed by atoms with Gasteiger partial charge in [0, 0.05) is 26.4 Å². The van der Waals surface area contributed by atoms with Gasteiger partial charge in [-0.15, -0.1) is 0 Å². The van der Waals surface area contributed by atoms with Crippen molar-refractivity contribution in [3.8, 4) is 0 Å². The van der Waals surface area contributed by atoms with E-state index in [4.69, 9.17) is 4.74 Å². The number of methoxy groups -OCH3 is 1. The van der Waals surface area contributed by atoms with Gasteiger partial charge in [-0.05, 0) is 26.9 Å². The van der Waals surface area contributed by atoms with E-state index in [1.807, 2.05) is 14.0 Å². The van der Waals surface area contributed by atoms with Crippen molar-refractivity contribution >= 4 is 5.91 Å². The number of hydrogen-bond acceptors (Lipinski definition) is 5. The highest BCUT2D eigenvalue weighted by molar-refractivity contribution is 5.91. The van der Waals surface area contributed by atoms with Gasteiger partial charge in [0.2, 0.25) is 0 Å². The predicted molar refractivity (Wildman–Crippen MR) is 73.1 cm³/mol. The Kier molecular flexibility index (Phi) is 6.99. The number of carbonyl (C=O) groups is 1. The van der Waals surface area contributed by atoms with Crippen LogP contribution in [0.3, 0.4) is 0 Å². The summed E-state index contributed by atoms with van der Waals surface area (Å²) in [6.07, 6.45) is 3.98. The molecule has 0 unspecified atom stereocenters. The number of hydrogen-bond donors (Lipinski definition) is 1. The van der Waals surface area contributed by atoms with Gasteiger partial charge in [0.15, 0.2) is 0 Å². The summed E-state index contributed by atoms with van der Waals surface area (Å²) in [5, 5.41) is 2.83. The third kappa shape index (κ3) is 6.26. The second kappa shape index (κ2) is 8.55. The summed E-state index contributed by atoms with van der Waals surface area (Å²) in [5.41, 5.74) is 1.16. The SMILES string of the molecule is COCCN(C)CCCNC(=O)c1cnc(C)cn1. The topological polar surface area (TPSA) is 67.3 Å². The zero-order valence-electron chi connectivity index (χ0n) is 11.8. The van der Waals surface area contributed by atoms with E-state index < -0.39 is 0 Å². The first-order chi connectivity index (χ1) is 9.13. The molecule has 0 radical (unpaired) electrons. The highest BCUT2D eigenvalue weighted by Gasteiger charge is 2.06. The molecule has 106 valence electrons. The minimum Gasteiger partial charge on any atom is -0.383 e. The second-order valence-electron chi connectivity index (χ2n) is 4.45. The average Bonchev–Trinajstić information content (AvgIpc) is 2.41. The molecule has 1 N–H and O–H groups in total. The van der Waals surface area contributed by atoms with Gasteiger partial charge in [-0.2, -0.15) is 0 Å². The molecule has 0 aliphatic heterocycles. The smallest absolute Gasteiger partial charge is 0.271 e. The molecule has 0 fully saturated rings. The normalized spacial score (nSPS) is 10.7. The molecule has 1 aromatic rings. The van der Waals surface area contributed by atoms with Crippen LogP contribution in [0.4, 0.5) is 0 Å². The third-order valence-electron chi connectivity index (χ3n) is 2.69. The molecule has 0 saturated heterocycles. The largest absolute Gasteiger partial charge is 0.383 e. The van der Waals surface area contributed by atoms with Crippen LogP contribution >= 0.6 is 0 Å². The lowest BCUT2D eigenvalue weighted by molar-refractivity contribution is 0.0945. The van der Waals surface area contributed by atoms with Crippen LogP contribution in [0.15, 0.2) is 12.4 Å². The fourth-order valence-corrected chi connectivity index (χ4v) is 1.51. The minimum atomic E-state index is -0.174. The predicted octanol–water partition coefficient (Wildman–Crippen LogP) is 0.483. The van der Waals surface area contributed by atoms with E-state index in [2.05, 4.69) is 20.2 Å². The van der Waals surface area contributed by atoms with Crippen molar-refractivity contribution in [1.82, 2.24) is 20.2 Å². The molecule has 0 aromatic carbocycles. The highest BCUT2D eigenvalue weighted by atomic mass is 16.5. The number of nitrogens with zero attached hydrogens (tertiary/aromatic N) is 3. The molecule has 0 aliphatic carbocycles. The molecule has 0 bridgehead atoms. The molecule has 0 aliphatic rings. The third-order valence-corrected chi connectivity index (χ3v) is 2.69. The van der Waals surface area contributed by atoms with Crippen molar-refractivity contribution in [3.05, 3.63) is 23.8 Å². The number of carbonyl (C=O) groups excluding carboxylic acids is 1. The van der Waals surface area contributed by atoms with E-state index in [0.717, 1.165) is 31.8 Å². The van der Waals surface area contributed by atoms with Crippen LogP contribution in [-0.2, 0) is 4.74 Å². The number of aryl methyl sites for hydroxylation is 1. The van der Waals surface area contributed by atoms with Crippen LogP contribution in [0.2, 0.25) is 0 Å². The molecule has 1 rings (SSSR count). The average molecular weight is 266 g/mol. The first-order valence-corrected chi connectivity index (χ1v) is 6.38. The van der Waals surface area contributed by atoms with Crippen LogP contribution in [0.5, 0.6) is 0 Å². The lowest BCUT2D eigenvalue weighted by Gasteiger charge is -2.15. The van der Waals surface area contributed by atoms with E-state index >= 15 is 0 Å². The Labute approximate surface area is 114 Å². The molecule has 1 amide bonds. The Hall–Kier alpha value is -1.53. The Balaban J connectivity index is 2.18. The summed E-state index contributed by atoms with van der Waals surface area (Å²) in [6.45, 7) is 5.01. The van der Waals surface area contributed by atoms with Gasteiger partial charge >= 0.3 is 0 Å². The van der Waals surface area contributed by atoms with Crippen LogP contribution in [0, 0.1) is 6.92 Å². The number of amides is 1. The van der Waals surface area contributed by atoms with Crippen LogP contribution < -0.4 is 5.32 Å². The van der Waals surface area contributed by atoms with Gasteiger partial charge in [-0.3, -0.25) is 9.78 Å². The van der Waals surface area contributed by atoms with E-state index in [-0.39, 0.29) is 5.91 Å². The number of aromatic nitrogens is 2. The van der Waals surface area contributed by atoms with E-state index in [0.29, 0.717) is 12.2 Å². The van der Waals surface area contributed by atoms with Gasteiger partial charge in [0.1, 0.15) is 5.69 Å². The molecule has 1 aromatic heterocycles. The lowest BCUT2D eigenvalue weighted by atomic mass is 10.3. The fraction of sp³-hybridized carbons (Fsp3) is 0.615. The van der Waals surface area contributed by atoms with Crippen LogP contribution in [0.25, 0.3) is 0 Å². The first kappa shape index (κ1) is 15.5. The van der Waals surface area contributed by atoms with E-state index in [1.165, 1.54) is 6.20 Å². The fourth-order valence-electron chi connectivity index (χ4n) is 1.51. The van der Waals surface area contributed by atoms with Gasteiger partial charge in [-0.1, -0.05) is 0 Å². The van der Waals surface area contributed by atoms with Crippen molar-refractivity contribution in [3.63, 3.8) is 0 Å². The monoisotopic (exact) mass is 266 g/mol. The standard InChI is InChI=1S/C13H22N4O2/c1-11-9-16-12(10-15-11)13(18)14-5-4-6-17(2)7-8-19-3/h9-10H,4-8H2,1-3H3,(H,14,18). The van der Waals surface area contributed by atoms with E-state index in [9.17, 15) is 4.79 Å². The van der Waals surface area contributed by atoms with Crippen molar-refractivity contribution in [1.29, 1.82) is 0 Å². The molecule has 0 spiro atoms. The molecule has 19 heavy (non-hydrogen) atoms. The maximum Gasteiger partial charge on any atom is 0.271 e. The van der Waals surface area contributed by atoms with Gasteiger partial charge in [-0.25, -0.2) is 4.98 Å². The molecule has 6 nitrogen and oxygen atoms in total. The molecule has 6 heteroatoms. The van der Waals surface area contributed by atoms with Crippen molar-refractivity contribution in [2.75, 3.05) is 40.4 Å². The van der Waals surface area contributed by atoms with Gasteiger partial charge < -0.3 is 15.0 Å². The van der Waals surface area contributed by atoms with Gasteiger partial charge in [0.05, 0.1) is 18.5 Å². The lowest BCUT2D eigenvalue weighted by Crippen LogP contribution is -2.30. The molecular formula is C13H22N4O2. The van der Waals surface area contributed by atoms with Crippen molar-refractivity contribution in [2.24, 2.45) is 0 Å². The summed E-state index contributed by atoms with van der Waals surface area (Å²) in [7, 11) is 3.73. The zero-order valence-corrected chi connectivity index (χ0v) is 11.8. The van der Waals surface area contributed by atoms with Crippen molar-refractivity contribution < 1.29 is 9.53 Å². The summed E-state index contributed by atoms with van der Waals surface area (Å²) in [6, 6.07) is 0. The second-order valence-corrected chi connectivity index (χ2v) is 4.45. The van der Waals surface area contributed by atoms with E-state index in [1.54, 1.807) is 13.3 Å². The summed E-state index contributed by atoms with van der Waals surface area (Å²) < 4.78 is 5.00. The number of nitrogens with one attached hydrogen (secondary N) is 1. The summed E-state index contributed by atoms with van der Waals surface area (Å²) in [5.74, 6) is -0.174. The quantitative estimate of drug-likeness (QED) is 0.693. The molecular weight excluding hydrogens is 244 g/mol. The van der Waals surface area contributed by atoms with Gasteiger partial charge in [0.25, 0.3) is 5.91 Å². The maximum atomic E-state index is 11.7. The van der Waals surface area contributed by atoms with Crippen LogP contribution in [0.1, 0.15) is 22.6 Å². The number of likely N-dealkylation sites (N-methyl/N-ethyl adjacent to an activating group) is 1. The van der Waals surface area contributed by atoms with Crippen molar-refractivity contribution in [2.45, 2.75) is 13.3 Å². The Morgan fingerprint density at radius 1 is 1.37 bits per heavy atom. The summed E-state index contributed by atoms with van der Waals surface area (Å²) >= 11 is 0. The summed E-state index contributed by atoms with van der Waals surface area (Å²) in [4.78, 5) is 22.0. The molecule has 0 atom stereocenters. The Bertz CT molecular complexity index is 381. The number of ether oxygens (including phenoxy) is 1. The number of rotatable bonds is 8. The molecule has 0 saturated carbocycles. The highest BCUT2D eigenvalue weighted by Crippen LogP contribution is 1.94. The van der Waals surface area contributed by atoms with Crippen LogP contribution in [-0.4, -0.2) is 61.2 Å². The Morgan fingerprint density at radius 2 is 2.16 bits per heavy atom. The maximum absolute atomic E-state index is 11.7. The first-order valence-electron chi connectivity index (χ1n) is 6.38. The Morgan fingerprint density at radius 3 is 2.79 bits per heavy atom. The molecule has 1 heterocycles. The minimum absolute atomic E-state index is 0.174. The zero-order chi connectivity index (χ0) is 14.1.